The molecule has 0 radical (unpaired) electrons. The molecule has 1 rings (SSSR count). The molecule has 62 valence electrons. The molecule has 0 unspecified atom stereocenters. The van der Waals surface area contributed by atoms with Gasteiger partial charge in [0.15, 0.2) is 5.55 Å². The molecule has 5 heteroatoms. The van der Waals surface area contributed by atoms with E-state index in [1.807, 2.05) is 0 Å². The number of aromatic nitrogens is 1. The Balaban J connectivity index is 3.07. The van der Waals surface area contributed by atoms with Crippen molar-refractivity contribution in [1.82, 2.24) is 4.98 Å². The minimum Gasteiger partial charge on any atom is -0.477 e. The molecule has 1 aromatic heterocycles. The van der Waals surface area contributed by atoms with E-state index in [4.69, 9.17) is 9.84 Å². The molecule has 0 aliphatic rings. The van der Waals surface area contributed by atoms with E-state index >= 15 is 0 Å². The van der Waals surface area contributed by atoms with E-state index in [1.54, 1.807) is 0 Å². The largest absolute Gasteiger partial charge is 0.477 e. The fourth-order valence-electron chi connectivity index (χ4n) is 0.693. The second kappa shape index (κ2) is 3.77. The first-order valence-electron chi connectivity index (χ1n) is 3.04. The zero-order valence-corrected chi connectivity index (χ0v) is 6.75. The topological polar surface area (TPSA) is 59.4 Å². The molecule has 0 saturated heterocycles. The van der Waals surface area contributed by atoms with Crippen molar-refractivity contribution in [2.75, 3.05) is 0 Å². The van der Waals surface area contributed by atoms with Gasteiger partial charge in [0.1, 0.15) is 5.56 Å². The van der Waals surface area contributed by atoms with Gasteiger partial charge in [-0.15, -0.1) is 0 Å². The summed E-state index contributed by atoms with van der Waals surface area (Å²) in [5, 5.41) is 8.62. The number of carboxylic acid groups (broad SMARTS) is 1. The van der Waals surface area contributed by atoms with Gasteiger partial charge in [0.05, 0.1) is 0 Å². The van der Waals surface area contributed by atoms with Crippen LogP contribution in [0.1, 0.15) is 10.4 Å². The number of rotatable bonds is 3. The van der Waals surface area contributed by atoms with Crippen LogP contribution in [0.25, 0.3) is 0 Å². The van der Waals surface area contributed by atoms with Gasteiger partial charge in [0.25, 0.3) is 0 Å². The normalized spacial score (nSPS) is 9.00. The molecule has 0 fully saturated rings. The van der Waals surface area contributed by atoms with Crippen molar-refractivity contribution in [2.45, 2.75) is 0 Å². The molecule has 1 heterocycles. The molecule has 0 bridgehead atoms. The summed E-state index contributed by atoms with van der Waals surface area (Å²) in [6, 6.07) is 2.91. The minimum atomic E-state index is -1.09. The molecule has 4 nitrogen and oxygen atoms in total. The van der Waals surface area contributed by atoms with Crippen molar-refractivity contribution in [3.63, 3.8) is 0 Å². The summed E-state index contributed by atoms with van der Waals surface area (Å²) in [5.74, 6) is -1.07. The van der Waals surface area contributed by atoms with E-state index in [2.05, 4.69) is 17.2 Å². The van der Waals surface area contributed by atoms with Gasteiger partial charge in [-0.25, -0.2) is 9.78 Å². The molecule has 0 saturated carbocycles. The molecule has 1 aromatic rings. The van der Waals surface area contributed by atoms with Gasteiger partial charge in [-0.1, -0.05) is 0 Å². The number of ether oxygens (including phenoxy) is 1. The van der Waals surface area contributed by atoms with Crippen molar-refractivity contribution in [2.24, 2.45) is 0 Å². The first-order chi connectivity index (χ1) is 5.75. The van der Waals surface area contributed by atoms with Crippen LogP contribution in [0, 0.1) is 0 Å². The molecular weight excluding hydrogens is 178 g/mol. The molecule has 1 N–H and O–H groups in total. The maximum Gasteiger partial charge on any atom is 0.341 e. The lowest BCUT2D eigenvalue weighted by Crippen LogP contribution is -2.02. The van der Waals surface area contributed by atoms with Crippen LogP contribution in [0.15, 0.2) is 18.3 Å². The van der Waals surface area contributed by atoms with Crippen LogP contribution in [0.5, 0.6) is 5.88 Å². The lowest BCUT2D eigenvalue weighted by Gasteiger charge is -2.00. The van der Waals surface area contributed by atoms with Gasteiger partial charge in [0, 0.05) is 6.20 Å². The predicted octanol–water partition coefficient (Wildman–Crippen LogP) is 1.12. The van der Waals surface area contributed by atoms with Crippen LogP contribution in [0.3, 0.4) is 0 Å². The summed E-state index contributed by atoms with van der Waals surface area (Å²) in [7, 11) is 0. The van der Waals surface area contributed by atoms with Crippen LogP contribution < -0.4 is 4.74 Å². The van der Waals surface area contributed by atoms with Gasteiger partial charge < -0.3 is 9.84 Å². The van der Waals surface area contributed by atoms with Crippen molar-refractivity contribution in [1.29, 1.82) is 0 Å². The first kappa shape index (κ1) is 8.61. The molecule has 0 aromatic carbocycles. The highest BCUT2D eigenvalue weighted by Crippen LogP contribution is 2.12. The average Bonchev–Trinajstić information content (AvgIpc) is 2.05. The van der Waals surface area contributed by atoms with Crippen molar-refractivity contribution in [3.8, 4) is 5.88 Å². The number of carbonyl (C=O) groups is 1. The van der Waals surface area contributed by atoms with Crippen molar-refractivity contribution in [3.05, 3.63) is 23.9 Å². The number of aromatic carboxylic acids is 1. The highest BCUT2D eigenvalue weighted by molar-refractivity contribution is 7.78. The third-order valence-electron chi connectivity index (χ3n) is 1.16. The Bertz CT molecular complexity index is 313. The minimum absolute atomic E-state index is 0.00130. The van der Waals surface area contributed by atoms with E-state index < -0.39 is 5.97 Å². The monoisotopic (exact) mass is 183 g/mol. The van der Waals surface area contributed by atoms with E-state index in [0.29, 0.717) is 0 Å². The van der Waals surface area contributed by atoms with E-state index in [1.165, 1.54) is 18.3 Å². The van der Waals surface area contributed by atoms with E-state index in [0.717, 1.165) is 5.55 Å². The van der Waals surface area contributed by atoms with E-state index in [9.17, 15) is 4.79 Å². The van der Waals surface area contributed by atoms with Crippen LogP contribution in [0.4, 0.5) is 0 Å². The lowest BCUT2D eigenvalue weighted by atomic mass is 10.3. The molecule has 12 heavy (non-hydrogen) atoms. The number of thiocarbonyl (C=S) groups is 1. The van der Waals surface area contributed by atoms with Crippen molar-refractivity contribution < 1.29 is 14.6 Å². The Morgan fingerprint density at radius 1 is 1.75 bits per heavy atom. The summed E-state index contributed by atoms with van der Waals surface area (Å²) >= 11 is 4.40. The third kappa shape index (κ3) is 1.76. The predicted molar refractivity (Wildman–Crippen MR) is 45.5 cm³/mol. The number of hydrogen-bond donors (Lipinski definition) is 1. The summed E-state index contributed by atoms with van der Waals surface area (Å²) < 4.78 is 4.70. The molecule has 0 aliphatic heterocycles. The van der Waals surface area contributed by atoms with E-state index in [-0.39, 0.29) is 11.4 Å². The summed E-state index contributed by atoms with van der Waals surface area (Å²) in [4.78, 5) is 14.2. The zero-order chi connectivity index (χ0) is 8.97. The Hall–Kier alpha value is -1.49. The standard InChI is InChI=1S/C7H5NO3S/c9-7(10)5-2-1-3-8-6(5)11-4-12/h1-4H,(H,9,10). The molecule has 0 atom stereocenters. The van der Waals surface area contributed by atoms with Gasteiger partial charge in [-0.2, -0.15) is 0 Å². The third-order valence-corrected chi connectivity index (χ3v) is 1.26. The van der Waals surface area contributed by atoms with Gasteiger partial charge >= 0.3 is 5.97 Å². The van der Waals surface area contributed by atoms with Gasteiger partial charge in [-0.05, 0) is 24.4 Å². The quantitative estimate of drug-likeness (QED) is 0.711. The Morgan fingerprint density at radius 3 is 3.08 bits per heavy atom. The maximum absolute atomic E-state index is 10.5. The van der Waals surface area contributed by atoms with Crippen LogP contribution in [-0.2, 0) is 0 Å². The number of hydrogen-bond acceptors (Lipinski definition) is 4. The summed E-state index contributed by atoms with van der Waals surface area (Å²) in [6.07, 6.45) is 1.43. The summed E-state index contributed by atoms with van der Waals surface area (Å²) in [6.45, 7) is 0. The number of nitrogens with zero attached hydrogens (tertiary/aromatic N) is 1. The fourth-order valence-corrected chi connectivity index (χ4v) is 0.784. The second-order valence-corrected chi connectivity index (χ2v) is 2.07. The SMILES string of the molecule is O=C(O)c1cccnc1OC=S. The Morgan fingerprint density at radius 2 is 2.50 bits per heavy atom. The van der Waals surface area contributed by atoms with Crippen LogP contribution >= 0.6 is 12.2 Å². The van der Waals surface area contributed by atoms with Gasteiger partial charge in [0.2, 0.25) is 5.88 Å². The first-order valence-corrected chi connectivity index (χ1v) is 3.51. The van der Waals surface area contributed by atoms with Crippen LogP contribution in [0.2, 0.25) is 0 Å². The Labute approximate surface area is 73.8 Å². The van der Waals surface area contributed by atoms with Gasteiger partial charge in [-0.3, -0.25) is 0 Å². The summed E-state index contributed by atoms with van der Waals surface area (Å²) in [5.41, 5.74) is 0.966. The smallest absolute Gasteiger partial charge is 0.341 e. The Kier molecular flexibility index (Phi) is 2.71. The lowest BCUT2D eigenvalue weighted by molar-refractivity contribution is 0.0694. The highest BCUT2D eigenvalue weighted by Gasteiger charge is 2.10. The average molecular weight is 183 g/mol. The number of pyridine rings is 1. The maximum atomic E-state index is 10.5. The zero-order valence-electron chi connectivity index (χ0n) is 5.93. The molecule has 0 amide bonds. The molecule has 0 aliphatic carbocycles. The number of carboxylic acids is 1. The molecular formula is C7H5NO3S. The second-order valence-electron chi connectivity index (χ2n) is 1.88. The molecule has 0 spiro atoms. The highest BCUT2D eigenvalue weighted by atomic mass is 32.1. The fraction of sp³-hybridized carbons (Fsp3) is 0. The van der Waals surface area contributed by atoms with Crippen molar-refractivity contribution >= 4 is 23.7 Å². The van der Waals surface area contributed by atoms with Crippen LogP contribution in [-0.4, -0.2) is 21.6 Å².